The fourth-order valence-corrected chi connectivity index (χ4v) is 2.03. The van der Waals surface area contributed by atoms with Crippen LogP contribution < -0.4 is 10.6 Å². The Morgan fingerprint density at radius 1 is 1.10 bits per heavy atom. The molecule has 0 aliphatic rings. The predicted octanol–water partition coefficient (Wildman–Crippen LogP) is 3.25. The van der Waals surface area contributed by atoms with Gasteiger partial charge in [-0.05, 0) is 24.0 Å². The van der Waals surface area contributed by atoms with Gasteiger partial charge in [-0.25, -0.2) is 9.78 Å². The highest BCUT2D eigenvalue weighted by molar-refractivity contribution is 6.00. The number of aryl methyl sites for hydroxylation is 2. The smallest absolute Gasteiger partial charge is 0.307 e. The summed E-state index contributed by atoms with van der Waals surface area (Å²) >= 11 is 0. The summed E-state index contributed by atoms with van der Waals surface area (Å²) in [4.78, 5) is 19.9. The second-order valence-corrected chi connectivity index (χ2v) is 4.33. The molecule has 1 aromatic heterocycles. The number of carbonyl (C=O) groups excluding carboxylic acids is 1. The minimum Gasteiger partial charge on any atom is -0.307 e. The molecule has 2 rings (SSSR count). The largest absolute Gasteiger partial charge is 0.324 e. The van der Waals surface area contributed by atoms with Crippen LogP contribution in [0.3, 0.4) is 0 Å². The fraction of sp³-hybridized carbons (Fsp3) is 0.267. The maximum absolute atomic E-state index is 12.0. The van der Waals surface area contributed by atoms with E-state index >= 15 is 0 Å². The molecule has 0 unspecified atom stereocenters. The molecule has 2 N–H and O–H groups in total. The van der Waals surface area contributed by atoms with Gasteiger partial charge in [0.05, 0.1) is 6.20 Å². The number of hydrogen-bond acceptors (Lipinski definition) is 3. The monoisotopic (exact) mass is 270 g/mol. The first-order chi connectivity index (χ1) is 9.74. The number of carbonyl (C=O) groups is 1. The van der Waals surface area contributed by atoms with Gasteiger partial charge in [-0.3, -0.25) is 10.3 Å². The number of hydrogen-bond donors (Lipinski definition) is 2. The van der Waals surface area contributed by atoms with Crippen molar-refractivity contribution in [3.05, 3.63) is 47.9 Å². The summed E-state index contributed by atoms with van der Waals surface area (Å²) in [5.74, 6) is 0.428. The molecule has 0 fully saturated rings. The minimum atomic E-state index is -0.305. The zero-order chi connectivity index (χ0) is 14.4. The molecule has 0 spiro atoms. The van der Waals surface area contributed by atoms with E-state index in [4.69, 9.17) is 0 Å². The third-order valence-corrected chi connectivity index (χ3v) is 3.04. The van der Waals surface area contributed by atoms with Gasteiger partial charge in [0, 0.05) is 18.1 Å². The van der Waals surface area contributed by atoms with Crippen LogP contribution in [0, 0.1) is 0 Å². The standard InChI is InChI=1S/C15H18N4O/c1-3-11-6-5-7-12(4-2)14(11)19-15(20)18-13-10-16-8-9-17-13/h5-10H,3-4H2,1-2H3,(H2,17,18,19,20). The van der Waals surface area contributed by atoms with Crippen molar-refractivity contribution in [1.82, 2.24) is 9.97 Å². The number of rotatable bonds is 4. The van der Waals surface area contributed by atoms with Crippen LogP contribution in [0.5, 0.6) is 0 Å². The van der Waals surface area contributed by atoms with Crippen molar-refractivity contribution >= 4 is 17.5 Å². The van der Waals surface area contributed by atoms with Crippen LogP contribution in [0.4, 0.5) is 16.3 Å². The summed E-state index contributed by atoms with van der Waals surface area (Å²) in [6.07, 6.45) is 6.34. The summed E-state index contributed by atoms with van der Waals surface area (Å²) in [7, 11) is 0. The van der Waals surface area contributed by atoms with E-state index in [2.05, 4.69) is 34.4 Å². The van der Waals surface area contributed by atoms with E-state index in [0.29, 0.717) is 5.82 Å². The Bertz CT molecular complexity index is 561. The van der Waals surface area contributed by atoms with Crippen LogP contribution in [0.2, 0.25) is 0 Å². The molecule has 20 heavy (non-hydrogen) atoms. The Labute approximate surface area is 118 Å². The van der Waals surface area contributed by atoms with Crippen molar-refractivity contribution < 1.29 is 4.79 Å². The van der Waals surface area contributed by atoms with Crippen molar-refractivity contribution in [3.8, 4) is 0 Å². The number of benzene rings is 1. The highest BCUT2D eigenvalue weighted by Crippen LogP contribution is 2.22. The average Bonchev–Trinajstić information content (AvgIpc) is 2.48. The van der Waals surface area contributed by atoms with Crippen molar-refractivity contribution in [3.63, 3.8) is 0 Å². The van der Waals surface area contributed by atoms with Crippen molar-refractivity contribution in [1.29, 1.82) is 0 Å². The maximum Gasteiger partial charge on any atom is 0.324 e. The molecule has 0 aliphatic carbocycles. The first-order valence-corrected chi connectivity index (χ1v) is 6.69. The Hall–Kier alpha value is -2.43. The summed E-state index contributed by atoms with van der Waals surface area (Å²) < 4.78 is 0. The molecule has 5 nitrogen and oxygen atoms in total. The van der Waals surface area contributed by atoms with E-state index in [9.17, 15) is 4.79 Å². The molecule has 0 bridgehead atoms. The molecule has 2 amide bonds. The molecular formula is C15H18N4O. The topological polar surface area (TPSA) is 66.9 Å². The van der Waals surface area contributed by atoms with Gasteiger partial charge >= 0.3 is 6.03 Å². The highest BCUT2D eigenvalue weighted by Gasteiger charge is 2.10. The molecule has 0 atom stereocenters. The second kappa shape index (κ2) is 6.65. The third kappa shape index (κ3) is 3.32. The van der Waals surface area contributed by atoms with Gasteiger partial charge < -0.3 is 5.32 Å². The number of aromatic nitrogens is 2. The van der Waals surface area contributed by atoms with Gasteiger partial charge in [0.1, 0.15) is 0 Å². The molecule has 0 aliphatic heterocycles. The maximum atomic E-state index is 12.0. The van der Waals surface area contributed by atoms with Crippen LogP contribution in [-0.2, 0) is 12.8 Å². The van der Waals surface area contributed by atoms with Crippen LogP contribution in [0.15, 0.2) is 36.8 Å². The summed E-state index contributed by atoms with van der Waals surface area (Å²) in [6.45, 7) is 4.14. The number of anilines is 2. The van der Waals surface area contributed by atoms with E-state index < -0.39 is 0 Å². The van der Waals surface area contributed by atoms with Crippen molar-refractivity contribution in [2.75, 3.05) is 10.6 Å². The molecular weight excluding hydrogens is 252 g/mol. The first kappa shape index (κ1) is 14.0. The molecule has 0 saturated heterocycles. The van der Waals surface area contributed by atoms with E-state index in [-0.39, 0.29) is 6.03 Å². The van der Waals surface area contributed by atoms with Gasteiger partial charge in [0.25, 0.3) is 0 Å². The quantitative estimate of drug-likeness (QED) is 0.896. The lowest BCUT2D eigenvalue weighted by Crippen LogP contribution is -2.21. The van der Waals surface area contributed by atoms with E-state index in [1.807, 2.05) is 18.2 Å². The minimum absolute atomic E-state index is 0.305. The van der Waals surface area contributed by atoms with Gasteiger partial charge in [-0.15, -0.1) is 0 Å². The van der Waals surface area contributed by atoms with Gasteiger partial charge in [-0.2, -0.15) is 0 Å². The Kier molecular flexibility index (Phi) is 4.65. The third-order valence-electron chi connectivity index (χ3n) is 3.04. The number of para-hydroxylation sites is 1. The molecule has 104 valence electrons. The van der Waals surface area contributed by atoms with Crippen LogP contribution in [0.25, 0.3) is 0 Å². The van der Waals surface area contributed by atoms with Gasteiger partial charge in [0.15, 0.2) is 5.82 Å². The van der Waals surface area contributed by atoms with E-state index in [1.165, 1.54) is 12.4 Å². The van der Waals surface area contributed by atoms with Crippen molar-refractivity contribution in [2.45, 2.75) is 26.7 Å². The van der Waals surface area contributed by atoms with Gasteiger partial charge in [0.2, 0.25) is 0 Å². The number of nitrogens with zero attached hydrogens (tertiary/aromatic N) is 2. The molecule has 1 heterocycles. The lowest BCUT2D eigenvalue weighted by atomic mass is 10.0. The fourth-order valence-electron chi connectivity index (χ4n) is 2.03. The Balaban J connectivity index is 2.15. The summed E-state index contributed by atoms with van der Waals surface area (Å²) in [6, 6.07) is 5.76. The first-order valence-electron chi connectivity index (χ1n) is 6.69. The molecule has 0 saturated carbocycles. The normalized spacial score (nSPS) is 10.1. The summed E-state index contributed by atoms with van der Waals surface area (Å²) in [5, 5.41) is 5.58. The van der Waals surface area contributed by atoms with Crippen LogP contribution >= 0.6 is 0 Å². The molecule has 5 heteroatoms. The molecule has 0 radical (unpaired) electrons. The SMILES string of the molecule is CCc1cccc(CC)c1NC(=O)Nc1cnccn1. The lowest BCUT2D eigenvalue weighted by molar-refractivity contribution is 0.262. The Morgan fingerprint density at radius 2 is 1.80 bits per heavy atom. The average molecular weight is 270 g/mol. The van der Waals surface area contributed by atoms with E-state index in [0.717, 1.165) is 29.7 Å². The zero-order valence-electron chi connectivity index (χ0n) is 11.7. The lowest BCUT2D eigenvalue weighted by Gasteiger charge is -2.14. The predicted molar refractivity (Wildman–Crippen MR) is 79.9 cm³/mol. The highest BCUT2D eigenvalue weighted by atomic mass is 16.2. The number of nitrogens with one attached hydrogen (secondary N) is 2. The van der Waals surface area contributed by atoms with Crippen LogP contribution in [0.1, 0.15) is 25.0 Å². The second-order valence-electron chi connectivity index (χ2n) is 4.33. The molecule has 2 aromatic rings. The zero-order valence-corrected chi connectivity index (χ0v) is 11.7. The van der Waals surface area contributed by atoms with E-state index in [1.54, 1.807) is 6.20 Å². The molecule has 1 aromatic carbocycles. The Morgan fingerprint density at radius 3 is 2.35 bits per heavy atom. The van der Waals surface area contributed by atoms with Gasteiger partial charge in [-0.1, -0.05) is 32.0 Å². The number of amides is 2. The number of urea groups is 1. The van der Waals surface area contributed by atoms with Crippen LogP contribution in [-0.4, -0.2) is 16.0 Å². The van der Waals surface area contributed by atoms with Crippen molar-refractivity contribution in [2.24, 2.45) is 0 Å². The summed E-state index contributed by atoms with van der Waals surface area (Å²) in [5.41, 5.74) is 3.14.